The Kier molecular flexibility index (Phi) is 7.21. The number of fused-ring (bicyclic) bond motifs is 1. The number of hydrogen-bond donors (Lipinski definition) is 0. The van der Waals surface area contributed by atoms with E-state index < -0.39 is 0 Å². The van der Waals surface area contributed by atoms with Crippen molar-refractivity contribution in [2.75, 3.05) is 6.54 Å². The van der Waals surface area contributed by atoms with Crippen LogP contribution in [-0.2, 0) is 13.0 Å². The van der Waals surface area contributed by atoms with Crippen molar-refractivity contribution in [2.24, 2.45) is 0 Å². The molecule has 0 radical (unpaired) electrons. The molecule has 0 aliphatic carbocycles. The number of amides is 1. The topological polar surface area (TPSA) is 55.2 Å². The molecule has 1 unspecified atom stereocenters. The van der Waals surface area contributed by atoms with Gasteiger partial charge in [-0.3, -0.25) is 14.2 Å². The maximum Gasteiger partial charge on any atom is 0.261 e. The highest BCUT2D eigenvalue weighted by molar-refractivity contribution is 5.96. The van der Waals surface area contributed by atoms with Crippen molar-refractivity contribution in [3.8, 4) is 0 Å². The maximum atomic E-state index is 13.8. The van der Waals surface area contributed by atoms with Gasteiger partial charge in [0.25, 0.3) is 11.5 Å². The molecule has 1 heterocycles. The Morgan fingerprint density at radius 3 is 2.38 bits per heavy atom. The number of nitrogens with zero attached hydrogens (tertiary/aromatic N) is 3. The molecule has 1 atom stereocenters. The Balaban J connectivity index is 1.79. The molecule has 0 aliphatic rings. The van der Waals surface area contributed by atoms with Crippen LogP contribution >= 0.6 is 0 Å². The van der Waals surface area contributed by atoms with E-state index in [0.717, 1.165) is 17.5 Å². The molecule has 0 N–H and O–H groups in total. The van der Waals surface area contributed by atoms with Crippen LogP contribution < -0.4 is 5.56 Å². The van der Waals surface area contributed by atoms with Gasteiger partial charge in [0.2, 0.25) is 0 Å². The number of carbonyl (C=O) groups is 1. The summed E-state index contributed by atoms with van der Waals surface area (Å²) in [6, 6.07) is 24.9. The first-order chi connectivity index (χ1) is 16.5. The zero-order valence-electron chi connectivity index (χ0n) is 20.1. The Labute approximate surface area is 200 Å². The maximum absolute atomic E-state index is 13.8. The molecule has 0 saturated heterocycles. The van der Waals surface area contributed by atoms with Crippen LogP contribution in [0.1, 0.15) is 53.6 Å². The van der Waals surface area contributed by atoms with Crippen LogP contribution in [0, 0.1) is 6.92 Å². The van der Waals surface area contributed by atoms with Gasteiger partial charge in [-0.25, -0.2) is 4.98 Å². The van der Waals surface area contributed by atoms with Gasteiger partial charge in [0.15, 0.2) is 0 Å². The van der Waals surface area contributed by atoms with Crippen LogP contribution in [0.15, 0.2) is 83.7 Å². The van der Waals surface area contributed by atoms with Crippen molar-refractivity contribution in [3.63, 3.8) is 0 Å². The van der Waals surface area contributed by atoms with Crippen LogP contribution in [0.4, 0.5) is 0 Å². The van der Waals surface area contributed by atoms with Gasteiger partial charge >= 0.3 is 0 Å². The number of para-hydroxylation sites is 1. The Hall–Kier alpha value is -3.73. The summed E-state index contributed by atoms with van der Waals surface area (Å²) in [5.74, 6) is 0.576. The fourth-order valence-electron chi connectivity index (χ4n) is 4.42. The highest BCUT2D eigenvalue weighted by Gasteiger charge is 2.27. The Morgan fingerprint density at radius 1 is 0.971 bits per heavy atom. The summed E-state index contributed by atoms with van der Waals surface area (Å²) in [5, 5.41) is 0.605. The second-order valence-corrected chi connectivity index (χ2v) is 8.67. The van der Waals surface area contributed by atoms with E-state index in [1.165, 1.54) is 0 Å². The van der Waals surface area contributed by atoms with E-state index in [4.69, 9.17) is 4.98 Å². The predicted molar refractivity (Wildman–Crippen MR) is 137 cm³/mol. The molecule has 0 bridgehead atoms. The van der Waals surface area contributed by atoms with E-state index >= 15 is 0 Å². The van der Waals surface area contributed by atoms with Crippen molar-refractivity contribution < 1.29 is 4.79 Å². The highest BCUT2D eigenvalue weighted by atomic mass is 16.2. The molecular formula is C29H31N3O2. The van der Waals surface area contributed by atoms with E-state index in [0.29, 0.717) is 41.8 Å². The van der Waals surface area contributed by atoms with Crippen LogP contribution in [0.3, 0.4) is 0 Å². The normalized spacial score (nSPS) is 12.0. The summed E-state index contributed by atoms with van der Waals surface area (Å²) in [6.07, 6.45) is 1.52. The zero-order chi connectivity index (χ0) is 24.1. The first-order valence-electron chi connectivity index (χ1n) is 11.9. The minimum absolute atomic E-state index is 0.0491. The lowest BCUT2D eigenvalue weighted by atomic mass is 10.0. The quantitative estimate of drug-likeness (QED) is 0.351. The van der Waals surface area contributed by atoms with Crippen molar-refractivity contribution in [3.05, 3.63) is 112 Å². The van der Waals surface area contributed by atoms with Gasteiger partial charge in [-0.05, 0) is 56.0 Å². The molecular weight excluding hydrogens is 422 g/mol. The minimum atomic E-state index is -0.375. The smallest absolute Gasteiger partial charge is 0.261 e. The lowest BCUT2D eigenvalue weighted by Crippen LogP contribution is -2.39. The molecule has 0 aliphatic heterocycles. The predicted octanol–water partition coefficient (Wildman–Crippen LogP) is 5.56. The van der Waals surface area contributed by atoms with Gasteiger partial charge in [0.05, 0.1) is 16.9 Å². The van der Waals surface area contributed by atoms with Crippen LogP contribution in [0.25, 0.3) is 10.9 Å². The van der Waals surface area contributed by atoms with Crippen molar-refractivity contribution in [2.45, 2.75) is 46.2 Å². The number of aromatic nitrogens is 2. The zero-order valence-corrected chi connectivity index (χ0v) is 20.1. The molecule has 4 aromatic rings. The monoisotopic (exact) mass is 453 g/mol. The van der Waals surface area contributed by atoms with Crippen molar-refractivity contribution in [1.82, 2.24) is 14.5 Å². The molecule has 174 valence electrons. The van der Waals surface area contributed by atoms with Gasteiger partial charge in [-0.2, -0.15) is 0 Å². The summed E-state index contributed by atoms with van der Waals surface area (Å²) in [4.78, 5) is 33.9. The third-order valence-corrected chi connectivity index (χ3v) is 6.30. The fourth-order valence-corrected chi connectivity index (χ4v) is 4.42. The third-order valence-electron chi connectivity index (χ3n) is 6.30. The van der Waals surface area contributed by atoms with E-state index in [1.807, 2.05) is 92.4 Å². The molecule has 0 spiro atoms. The van der Waals surface area contributed by atoms with Crippen LogP contribution in [0.5, 0.6) is 0 Å². The summed E-state index contributed by atoms with van der Waals surface area (Å²) < 4.78 is 1.74. The number of benzene rings is 3. The van der Waals surface area contributed by atoms with Gasteiger partial charge in [-0.15, -0.1) is 0 Å². The molecule has 3 aromatic carbocycles. The SMILES string of the molecule is CCCn1c(C(C)N(CCc2ccccc2)C(=O)c2ccccc2C)nc2ccccc2c1=O. The molecule has 0 saturated carbocycles. The number of rotatable bonds is 8. The molecule has 1 aromatic heterocycles. The largest absolute Gasteiger partial charge is 0.328 e. The van der Waals surface area contributed by atoms with E-state index in [9.17, 15) is 9.59 Å². The summed E-state index contributed by atoms with van der Waals surface area (Å²) in [6.45, 7) is 7.05. The number of carbonyl (C=O) groups excluding carboxylic acids is 1. The Bertz CT molecular complexity index is 1340. The van der Waals surface area contributed by atoms with Gasteiger partial charge < -0.3 is 4.90 Å². The number of hydrogen-bond acceptors (Lipinski definition) is 3. The molecule has 5 nitrogen and oxygen atoms in total. The first-order valence-corrected chi connectivity index (χ1v) is 11.9. The average molecular weight is 454 g/mol. The summed E-state index contributed by atoms with van der Waals surface area (Å²) >= 11 is 0. The second kappa shape index (κ2) is 10.5. The van der Waals surface area contributed by atoms with E-state index in [-0.39, 0.29) is 17.5 Å². The minimum Gasteiger partial charge on any atom is -0.328 e. The number of aryl methyl sites for hydroxylation is 1. The fraction of sp³-hybridized carbons (Fsp3) is 0.276. The van der Waals surface area contributed by atoms with Crippen molar-refractivity contribution >= 4 is 16.8 Å². The van der Waals surface area contributed by atoms with Crippen molar-refractivity contribution in [1.29, 1.82) is 0 Å². The standard InChI is InChI=1S/C29H31N3O2/c1-4-19-32-27(30-26-17-11-10-16-25(26)29(32)34)22(3)31(20-18-23-13-6-5-7-14-23)28(33)24-15-9-8-12-21(24)2/h5-17,22H,4,18-20H2,1-3H3. The lowest BCUT2D eigenvalue weighted by molar-refractivity contribution is 0.0680. The molecule has 4 rings (SSSR count). The molecule has 5 heteroatoms. The summed E-state index contributed by atoms with van der Waals surface area (Å²) in [7, 11) is 0. The molecule has 34 heavy (non-hydrogen) atoms. The summed E-state index contributed by atoms with van der Waals surface area (Å²) in [5.41, 5.74) is 3.37. The van der Waals surface area contributed by atoms with Gasteiger partial charge in [0.1, 0.15) is 5.82 Å². The lowest BCUT2D eigenvalue weighted by Gasteiger charge is -2.31. The third kappa shape index (κ3) is 4.79. The van der Waals surface area contributed by atoms with Crippen LogP contribution in [0.2, 0.25) is 0 Å². The van der Waals surface area contributed by atoms with E-state index in [2.05, 4.69) is 12.1 Å². The van der Waals surface area contributed by atoms with Crippen LogP contribution in [-0.4, -0.2) is 26.9 Å². The van der Waals surface area contributed by atoms with Gasteiger partial charge in [0, 0.05) is 18.7 Å². The highest BCUT2D eigenvalue weighted by Crippen LogP contribution is 2.24. The van der Waals surface area contributed by atoms with Gasteiger partial charge in [-0.1, -0.05) is 67.6 Å². The first kappa shape index (κ1) is 23.4. The Morgan fingerprint density at radius 2 is 1.65 bits per heavy atom. The average Bonchev–Trinajstić information content (AvgIpc) is 2.86. The second-order valence-electron chi connectivity index (χ2n) is 8.67. The molecule has 0 fully saturated rings. The molecule has 1 amide bonds. The van der Waals surface area contributed by atoms with E-state index in [1.54, 1.807) is 4.57 Å².